The molecule has 4 atom stereocenters. The van der Waals surface area contributed by atoms with Crippen molar-refractivity contribution in [3.8, 4) is 22.6 Å². The first-order chi connectivity index (χ1) is 27.0. The summed E-state index contributed by atoms with van der Waals surface area (Å²) in [6.45, 7) is 5.42. The molecule has 5 aromatic carbocycles. The lowest BCUT2D eigenvalue weighted by atomic mass is 9.89. The number of amides is 1. The number of rotatable bonds is 14. The maximum atomic E-state index is 14.8. The zero-order valence-corrected chi connectivity index (χ0v) is 31.6. The monoisotopic (exact) mass is 761 g/mol. The standard InChI is InChI=1S/C45H44FNO9/c1-29(48)47-24-23-36-37(33-21-14-22-34(46)25-33)26-35(27-38(36)52-28-30-15-8-5-9-16-30)53-44-40(55-43(50)32-19-12-7-13-20-32)39(41(51-4)45(2,3)56-44)54-42(49)31-17-10-6-11-18-31/h5-22,25-27,39-41,44H,23-24,28H2,1-4H3,(H,47,48)/t39-,40+,41+,44+/m0/s1. The van der Waals surface area contributed by atoms with E-state index >= 15 is 0 Å². The number of hydrogen-bond acceptors (Lipinski definition) is 9. The number of nitrogens with one attached hydrogen (secondary N) is 1. The molecular weight excluding hydrogens is 717 g/mol. The van der Waals surface area contributed by atoms with Gasteiger partial charge in [-0.15, -0.1) is 0 Å². The molecule has 0 aliphatic carbocycles. The molecule has 0 radical (unpaired) electrons. The number of halogens is 1. The van der Waals surface area contributed by atoms with Gasteiger partial charge >= 0.3 is 11.9 Å². The quantitative estimate of drug-likeness (QED) is 0.114. The lowest BCUT2D eigenvalue weighted by Gasteiger charge is -2.48. The van der Waals surface area contributed by atoms with Gasteiger partial charge in [0.2, 0.25) is 18.3 Å². The fraction of sp³-hybridized carbons (Fsp3) is 0.267. The van der Waals surface area contributed by atoms with Crippen LogP contribution in [0.25, 0.3) is 11.1 Å². The zero-order chi connectivity index (χ0) is 39.7. The van der Waals surface area contributed by atoms with Crippen molar-refractivity contribution in [1.29, 1.82) is 0 Å². The second-order valence-electron chi connectivity index (χ2n) is 13.8. The molecule has 1 aliphatic rings. The Kier molecular flexibility index (Phi) is 12.8. The molecule has 1 N–H and O–H groups in total. The van der Waals surface area contributed by atoms with E-state index in [-0.39, 0.29) is 35.9 Å². The van der Waals surface area contributed by atoms with Crippen LogP contribution in [0.3, 0.4) is 0 Å². The number of benzene rings is 5. The van der Waals surface area contributed by atoms with Gasteiger partial charge in [-0.25, -0.2) is 14.0 Å². The second-order valence-corrected chi connectivity index (χ2v) is 13.8. The van der Waals surface area contributed by atoms with Gasteiger partial charge in [-0.05, 0) is 79.4 Å². The minimum atomic E-state index is -1.36. The SMILES string of the molecule is CO[C@@H]1[C@@H](OC(=O)c2ccccc2)[C@@H](OC(=O)c2ccccc2)[C@H](Oc2cc(OCc3ccccc3)c(CCNC(C)=O)c(-c3cccc(F)c3)c2)OC1(C)C. The fourth-order valence-electron chi connectivity index (χ4n) is 6.67. The highest BCUT2D eigenvalue weighted by Gasteiger charge is 2.55. The average Bonchev–Trinajstić information content (AvgIpc) is 3.19. The Bertz CT molecular complexity index is 2110. The molecule has 0 spiro atoms. The van der Waals surface area contributed by atoms with Crippen LogP contribution in [-0.4, -0.2) is 61.7 Å². The maximum Gasteiger partial charge on any atom is 0.338 e. The van der Waals surface area contributed by atoms with Crippen LogP contribution < -0.4 is 14.8 Å². The molecule has 5 aromatic rings. The molecule has 0 unspecified atom stereocenters. The van der Waals surface area contributed by atoms with E-state index in [2.05, 4.69) is 5.32 Å². The third-order valence-electron chi connectivity index (χ3n) is 9.31. The van der Waals surface area contributed by atoms with Crippen molar-refractivity contribution in [2.45, 2.75) is 64.0 Å². The molecule has 0 saturated carbocycles. The van der Waals surface area contributed by atoms with E-state index in [0.717, 1.165) is 5.56 Å². The van der Waals surface area contributed by atoms with Crippen molar-refractivity contribution in [2.24, 2.45) is 0 Å². The van der Waals surface area contributed by atoms with E-state index in [1.807, 2.05) is 30.3 Å². The van der Waals surface area contributed by atoms with Crippen LogP contribution in [0.1, 0.15) is 52.6 Å². The predicted octanol–water partition coefficient (Wildman–Crippen LogP) is 7.73. The molecule has 1 amide bonds. The summed E-state index contributed by atoms with van der Waals surface area (Å²) in [6.07, 6.45) is -4.48. The van der Waals surface area contributed by atoms with Crippen LogP contribution in [-0.2, 0) is 36.8 Å². The average molecular weight is 762 g/mol. The third kappa shape index (κ3) is 9.79. The molecule has 6 rings (SSSR count). The molecule has 290 valence electrons. The minimum absolute atomic E-state index is 0.192. The summed E-state index contributed by atoms with van der Waals surface area (Å²) in [5.41, 5.74) is 2.09. The number of esters is 2. The number of carbonyl (C=O) groups excluding carboxylic acids is 3. The molecule has 56 heavy (non-hydrogen) atoms. The van der Waals surface area contributed by atoms with Crippen LogP contribution in [0.15, 0.2) is 127 Å². The van der Waals surface area contributed by atoms with Crippen LogP contribution in [0.5, 0.6) is 11.5 Å². The van der Waals surface area contributed by atoms with Gasteiger partial charge in [0.25, 0.3) is 0 Å². The highest BCUT2D eigenvalue weighted by atomic mass is 19.1. The van der Waals surface area contributed by atoms with Crippen molar-refractivity contribution in [3.05, 3.63) is 155 Å². The Hall–Kier alpha value is -6.04. The minimum Gasteiger partial charge on any atom is -0.488 e. The van der Waals surface area contributed by atoms with Gasteiger partial charge < -0.3 is 33.7 Å². The van der Waals surface area contributed by atoms with Crippen molar-refractivity contribution in [1.82, 2.24) is 5.32 Å². The van der Waals surface area contributed by atoms with Gasteiger partial charge in [-0.2, -0.15) is 0 Å². The van der Waals surface area contributed by atoms with Gasteiger partial charge in [0.15, 0.2) is 6.10 Å². The van der Waals surface area contributed by atoms with Gasteiger partial charge in [-0.1, -0.05) is 78.9 Å². The van der Waals surface area contributed by atoms with Crippen LogP contribution in [0.2, 0.25) is 0 Å². The summed E-state index contributed by atoms with van der Waals surface area (Å²) >= 11 is 0. The summed E-state index contributed by atoms with van der Waals surface area (Å²) < 4.78 is 52.6. The van der Waals surface area contributed by atoms with E-state index in [1.54, 1.807) is 98.8 Å². The topological polar surface area (TPSA) is 119 Å². The van der Waals surface area contributed by atoms with Gasteiger partial charge in [0.1, 0.15) is 30.0 Å². The van der Waals surface area contributed by atoms with Crippen molar-refractivity contribution < 1.29 is 47.2 Å². The summed E-state index contributed by atoms with van der Waals surface area (Å²) in [7, 11) is 1.46. The third-order valence-corrected chi connectivity index (χ3v) is 9.31. The number of hydrogen-bond donors (Lipinski definition) is 1. The molecule has 1 fully saturated rings. The van der Waals surface area contributed by atoms with Gasteiger partial charge in [-0.3, -0.25) is 4.79 Å². The highest BCUT2D eigenvalue weighted by molar-refractivity contribution is 5.90. The Balaban J connectivity index is 1.45. The van der Waals surface area contributed by atoms with Gasteiger partial charge in [0, 0.05) is 32.2 Å². The highest BCUT2D eigenvalue weighted by Crippen LogP contribution is 2.40. The molecule has 1 aliphatic heterocycles. The molecular formula is C45H44FNO9. The number of carbonyl (C=O) groups is 3. The fourth-order valence-corrected chi connectivity index (χ4v) is 6.67. The summed E-state index contributed by atoms with van der Waals surface area (Å²) in [5.74, 6) is -1.39. The Morgan fingerprint density at radius 2 is 1.38 bits per heavy atom. The van der Waals surface area contributed by atoms with E-state index in [1.165, 1.54) is 26.2 Å². The molecule has 10 nitrogen and oxygen atoms in total. The molecule has 0 bridgehead atoms. The largest absolute Gasteiger partial charge is 0.488 e. The van der Waals surface area contributed by atoms with E-state index in [9.17, 15) is 18.8 Å². The van der Waals surface area contributed by atoms with E-state index < -0.39 is 48.0 Å². The molecule has 0 aromatic heterocycles. The zero-order valence-electron chi connectivity index (χ0n) is 31.6. The predicted molar refractivity (Wildman–Crippen MR) is 207 cm³/mol. The number of methoxy groups -OCH3 is 1. The van der Waals surface area contributed by atoms with Gasteiger partial charge in [0.05, 0.1) is 16.7 Å². The summed E-state index contributed by atoms with van der Waals surface area (Å²) in [5, 5.41) is 2.83. The van der Waals surface area contributed by atoms with Crippen LogP contribution in [0.4, 0.5) is 4.39 Å². The summed E-state index contributed by atoms with van der Waals surface area (Å²) in [4.78, 5) is 39.2. The molecule has 1 heterocycles. The van der Waals surface area contributed by atoms with Crippen LogP contribution >= 0.6 is 0 Å². The summed E-state index contributed by atoms with van der Waals surface area (Å²) in [6, 6.07) is 35.9. The van der Waals surface area contributed by atoms with Crippen molar-refractivity contribution in [2.75, 3.05) is 13.7 Å². The van der Waals surface area contributed by atoms with E-state index in [0.29, 0.717) is 28.9 Å². The number of ether oxygens (including phenoxy) is 6. The van der Waals surface area contributed by atoms with Crippen molar-refractivity contribution >= 4 is 17.8 Å². The molecule has 1 saturated heterocycles. The van der Waals surface area contributed by atoms with Crippen LogP contribution in [0, 0.1) is 5.82 Å². The maximum absolute atomic E-state index is 14.8. The lowest BCUT2D eigenvalue weighted by Crippen LogP contribution is -2.66. The Morgan fingerprint density at radius 1 is 0.768 bits per heavy atom. The first-order valence-electron chi connectivity index (χ1n) is 18.3. The lowest BCUT2D eigenvalue weighted by molar-refractivity contribution is -0.304. The first-order valence-corrected chi connectivity index (χ1v) is 18.3. The first kappa shape index (κ1) is 39.6. The Labute approximate surface area is 325 Å². The smallest absolute Gasteiger partial charge is 0.338 e. The second kappa shape index (κ2) is 18.1. The normalized spacial score (nSPS) is 18.7. The molecule has 11 heteroatoms. The Morgan fingerprint density at radius 3 is 1.96 bits per heavy atom. The van der Waals surface area contributed by atoms with Crippen molar-refractivity contribution in [3.63, 3.8) is 0 Å². The van der Waals surface area contributed by atoms with E-state index in [4.69, 9.17) is 28.4 Å².